The molecule has 0 radical (unpaired) electrons. The molecule has 2 aliphatic heterocycles. The first-order valence-electron chi connectivity index (χ1n) is 11.8. The Hall–Kier alpha value is -3.48. The molecule has 3 N–H and O–H groups in total. The highest BCUT2D eigenvalue weighted by Gasteiger charge is 2.61. The van der Waals surface area contributed by atoms with Crippen LogP contribution >= 0.6 is 0 Å². The largest absolute Gasteiger partial charge is 0.494 e. The van der Waals surface area contributed by atoms with Crippen molar-refractivity contribution in [3.05, 3.63) is 76.3 Å². The molecule has 1 saturated heterocycles. The first-order chi connectivity index (χ1) is 17.0. The van der Waals surface area contributed by atoms with E-state index in [1.807, 2.05) is 37.3 Å². The molecule has 6 nitrogen and oxygen atoms in total. The SMILES string of the molecule is CC(NCC[C@]12CC[C@](C)(O1)c1c2c(O)n(-c2ccc(C#N)c(C(F)(F)F)c2)c1O)c1ccccc1. The Kier molecular flexibility index (Phi) is 5.58. The Labute approximate surface area is 206 Å². The van der Waals surface area contributed by atoms with Gasteiger partial charge in [0.15, 0.2) is 0 Å². The van der Waals surface area contributed by atoms with Crippen molar-refractivity contribution >= 4 is 0 Å². The fourth-order valence-corrected chi connectivity index (χ4v) is 5.70. The maximum Gasteiger partial charge on any atom is 0.417 e. The number of aromatic hydroxyl groups is 2. The molecule has 3 atom stereocenters. The van der Waals surface area contributed by atoms with Crippen LogP contribution in [0.1, 0.15) is 67.0 Å². The number of nitrogens with one attached hydrogen (secondary N) is 1. The van der Waals surface area contributed by atoms with E-state index >= 15 is 0 Å². The van der Waals surface area contributed by atoms with Gasteiger partial charge in [-0.05, 0) is 63.4 Å². The molecule has 1 unspecified atom stereocenters. The summed E-state index contributed by atoms with van der Waals surface area (Å²) in [6.07, 6.45) is -3.05. The molecule has 5 rings (SSSR count). The second-order valence-corrected chi connectivity index (χ2v) is 9.74. The van der Waals surface area contributed by atoms with Gasteiger partial charge in [0.1, 0.15) is 5.60 Å². The molecule has 0 aliphatic carbocycles. The zero-order valence-electron chi connectivity index (χ0n) is 19.9. The number of nitrogens with zero attached hydrogens (tertiary/aromatic N) is 2. The van der Waals surface area contributed by atoms with E-state index in [9.17, 15) is 23.4 Å². The van der Waals surface area contributed by atoms with Crippen molar-refractivity contribution in [2.45, 2.75) is 56.5 Å². The number of halogens is 3. The highest BCUT2D eigenvalue weighted by Crippen LogP contribution is 2.65. The Bertz CT molecular complexity index is 1360. The summed E-state index contributed by atoms with van der Waals surface area (Å²) in [6.45, 7) is 4.44. The summed E-state index contributed by atoms with van der Waals surface area (Å²) in [5, 5.41) is 35.0. The summed E-state index contributed by atoms with van der Waals surface area (Å²) in [6, 6.07) is 14.7. The summed E-state index contributed by atoms with van der Waals surface area (Å²) < 4.78 is 48.1. The van der Waals surface area contributed by atoms with E-state index in [0.29, 0.717) is 36.9 Å². The Morgan fingerprint density at radius 2 is 1.81 bits per heavy atom. The van der Waals surface area contributed by atoms with Crippen LogP contribution in [0.5, 0.6) is 11.8 Å². The van der Waals surface area contributed by atoms with Crippen molar-refractivity contribution in [1.29, 1.82) is 5.26 Å². The predicted octanol–water partition coefficient (Wildman–Crippen LogP) is 5.75. The molecule has 2 aromatic carbocycles. The normalized spacial score (nSPS) is 23.4. The summed E-state index contributed by atoms with van der Waals surface area (Å²) in [4.78, 5) is 0. The van der Waals surface area contributed by atoms with Crippen LogP contribution in [-0.4, -0.2) is 21.3 Å². The molecule has 36 heavy (non-hydrogen) atoms. The number of fused-ring (bicyclic) bond motifs is 5. The molecular weight excluding hydrogens is 471 g/mol. The van der Waals surface area contributed by atoms with E-state index in [1.54, 1.807) is 6.07 Å². The number of ether oxygens (including phenoxy) is 1. The minimum atomic E-state index is -4.77. The number of rotatable bonds is 6. The fraction of sp³-hybridized carbons (Fsp3) is 0.370. The maximum absolute atomic E-state index is 13.6. The second kappa shape index (κ2) is 8.29. The minimum absolute atomic E-state index is 0.0836. The number of alkyl halides is 3. The zero-order valence-corrected chi connectivity index (χ0v) is 19.9. The number of aromatic nitrogens is 1. The molecule has 2 bridgehead atoms. The van der Waals surface area contributed by atoms with Crippen molar-refractivity contribution in [3.63, 3.8) is 0 Å². The van der Waals surface area contributed by atoms with Crippen molar-refractivity contribution in [1.82, 2.24) is 9.88 Å². The molecule has 9 heteroatoms. The second-order valence-electron chi connectivity index (χ2n) is 9.74. The van der Waals surface area contributed by atoms with Gasteiger partial charge >= 0.3 is 6.18 Å². The first kappa shape index (κ1) is 24.2. The smallest absolute Gasteiger partial charge is 0.417 e. The molecule has 0 spiro atoms. The van der Waals surface area contributed by atoms with Gasteiger partial charge in [0.2, 0.25) is 11.8 Å². The van der Waals surface area contributed by atoms with Crippen LogP contribution in [0.25, 0.3) is 5.69 Å². The van der Waals surface area contributed by atoms with Crippen LogP contribution in [0.2, 0.25) is 0 Å². The molecule has 2 aliphatic rings. The molecule has 0 amide bonds. The van der Waals surface area contributed by atoms with Crippen molar-refractivity contribution < 1.29 is 28.1 Å². The quantitative estimate of drug-likeness (QED) is 0.403. The summed E-state index contributed by atoms with van der Waals surface area (Å²) in [7, 11) is 0. The minimum Gasteiger partial charge on any atom is -0.494 e. The Morgan fingerprint density at radius 1 is 1.11 bits per heavy atom. The average molecular weight is 498 g/mol. The predicted molar refractivity (Wildman–Crippen MR) is 126 cm³/mol. The third-order valence-electron chi connectivity index (χ3n) is 7.50. The molecule has 3 heterocycles. The highest BCUT2D eigenvalue weighted by atomic mass is 19.4. The third kappa shape index (κ3) is 3.64. The van der Waals surface area contributed by atoms with Gasteiger partial charge in [0.25, 0.3) is 0 Å². The number of hydrogen-bond donors (Lipinski definition) is 3. The van der Waals surface area contributed by atoms with E-state index in [-0.39, 0.29) is 23.5 Å². The lowest BCUT2D eigenvalue weighted by Crippen LogP contribution is -2.30. The monoisotopic (exact) mass is 497 g/mol. The molecule has 0 saturated carbocycles. The van der Waals surface area contributed by atoms with Gasteiger partial charge in [-0.2, -0.15) is 18.4 Å². The van der Waals surface area contributed by atoms with Crippen LogP contribution in [0, 0.1) is 11.3 Å². The molecular formula is C27H26F3N3O3. The van der Waals surface area contributed by atoms with Crippen LogP contribution in [0.4, 0.5) is 13.2 Å². The van der Waals surface area contributed by atoms with Crippen molar-refractivity contribution in [2.24, 2.45) is 0 Å². The van der Waals surface area contributed by atoms with E-state index < -0.39 is 28.5 Å². The van der Waals surface area contributed by atoms with Gasteiger partial charge in [0, 0.05) is 6.04 Å². The third-order valence-corrected chi connectivity index (χ3v) is 7.50. The van der Waals surface area contributed by atoms with E-state index in [2.05, 4.69) is 12.2 Å². The van der Waals surface area contributed by atoms with Crippen molar-refractivity contribution in [2.75, 3.05) is 6.54 Å². The average Bonchev–Trinajstić information content (AvgIpc) is 3.43. The first-order valence-corrected chi connectivity index (χ1v) is 11.8. The maximum atomic E-state index is 13.6. The lowest BCUT2D eigenvalue weighted by atomic mass is 9.77. The zero-order chi connectivity index (χ0) is 25.9. The standard InChI is InChI=1S/C27H26F3N3O3/c1-16(17-6-4-3-5-7-17)32-13-12-26-11-10-25(2,36-26)21-22(26)24(35)33(23(21)34)19-9-8-18(15-31)20(14-19)27(28,29)30/h3-9,14,16,32,34-35H,10-13H2,1-2H3/t16?,25-,26-/m0/s1. The van der Waals surface area contributed by atoms with E-state index in [1.165, 1.54) is 6.07 Å². The molecule has 1 aromatic heterocycles. The molecule has 1 fully saturated rings. The van der Waals surface area contributed by atoms with Crippen LogP contribution < -0.4 is 5.32 Å². The topological polar surface area (TPSA) is 90.4 Å². The number of nitriles is 1. The van der Waals surface area contributed by atoms with Crippen LogP contribution in [0.3, 0.4) is 0 Å². The van der Waals surface area contributed by atoms with Gasteiger partial charge in [-0.3, -0.25) is 4.57 Å². The highest BCUT2D eigenvalue weighted by molar-refractivity contribution is 5.62. The lowest BCUT2D eigenvalue weighted by molar-refractivity contribution is -0.137. The summed E-state index contributed by atoms with van der Waals surface area (Å²) in [5.74, 6) is -0.699. The molecule has 3 aromatic rings. The van der Waals surface area contributed by atoms with Crippen LogP contribution in [0.15, 0.2) is 48.5 Å². The van der Waals surface area contributed by atoms with Gasteiger partial charge in [-0.1, -0.05) is 30.3 Å². The van der Waals surface area contributed by atoms with Gasteiger partial charge in [0.05, 0.1) is 39.6 Å². The Balaban J connectivity index is 1.50. The fourth-order valence-electron chi connectivity index (χ4n) is 5.70. The van der Waals surface area contributed by atoms with Gasteiger partial charge < -0.3 is 20.3 Å². The van der Waals surface area contributed by atoms with E-state index in [0.717, 1.165) is 22.3 Å². The summed E-state index contributed by atoms with van der Waals surface area (Å²) >= 11 is 0. The van der Waals surface area contributed by atoms with Crippen molar-refractivity contribution in [3.8, 4) is 23.5 Å². The van der Waals surface area contributed by atoms with E-state index in [4.69, 9.17) is 10.00 Å². The van der Waals surface area contributed by atoms with Gasteiger partial charge in [-0.25, -0.2) is 0 Å². The van der Waals surface area contributed by atoms with Gasteiger partial charge in [-0.15, -0.1) is 0 Å². The summed E-state index contributed by atoms with van der Waals surface area (Å²) in [5.41, 5.74) is -1.54. The van der Waals surface area contributed by atoms with Crippen LogP contribution in [-0.2, 0) is 22.1 Å². The lowest BCUT2D eigenvalue weighted by Gasteiger charge is -2.27. The Morgan fingerprint density at radius 3 is 2.47 bits per heavy atom. The number of benzene rings is 2. The number of hydrogen-bond acceptors (Lipinski definition) is 5. The molecule has 188 valence electrons.